The molecule has 0 aliphatic carbocycles. The van der Waals surface area contributed by atoms with Gasteiger partial charge in [0, 0.05) is 42.4 Å². The van der Waals surface area contributed by atoms with Crippen LogP contribution in [0, 0.1) is 0 Å². The number of hydrogen-bond donors (Lipinski definition) is 0. The van der Waals surface area contributed by atoms with Crippen LogP contribution in [0.4, 0.5) is 5.69 Å². The van der Waals surface area contributed by atoms with E-state index in [1.165, 1.54) is 17.3 Å². The molecule has 164 valence electrons. The van der Waals surface area contributed by atoms with Crippen molar-refractivity contribution in [2.45, 2.75) is 5.41 Å². The summed E-state index contributed by atoms with van der Waals surface area (Å²) >= 11 is 0. The zero-order chi connectivity index (χ0) is 22.2. The molecule has 0 saturated carbocycles. The number of fused-ring (bicyclic) bond motifs is 6. The fourth-order valence-corrected chi connectivity index (χ4v) is 5.58. The largest absolute Gasteiger partial charge is 0.492 e. The van der Waals surface area contributed by atoms with Crippen LogP contribution in [0.15, 0.2) is 69.9 Å². The van der Waals surface area contributed by atoms with Gasteiger partial charge in [0.2, 0.25) is 0 Å². The lowest BCUT2D eigenvalue weighted by atomic mass is 9.74. The third kappa shape index (κ3) is 2.58. The number of benzene rings is 3. The number of likely N-dealkylation sites (N-methyl/N-ethyl adjacent to an activating group) is 1. The standard InChI is InChI=1S/C27H21NO5/c1-28-14-27(15-32-22-13-24-23(12-19(22)27)30-9-10-31-24)26-18(3-2-4-20(26)28)17-6-5-16-7-8-25(29)33-21(16)11-17/h2-8,11-13H,9-10,14-15H2,1H3. The summed E-state index contributed by atoms with van der Waals surface area (Å²) in [5, 5.41) is 0.899. The van der Waals surface area contributed by atoms with E-state index < -0.39 is 0 Å². The lowest BCUT2D eigenvalue weighted by Crippen LogP contribution is -2.35. The maximum Gasteiger partial charge on any atom is 0.336 e. The van der Waals surface area contributed by atoms with Crippen LogP contribution in [0.3, 0.4) is 0 Å². The first kappa shape index (κ1) is 18.6. The quantitative estimate of drug-likeness (QED) is 0.411. The number of rotatable bonds is 1. The maximum atomic E-state index is 11.8. The van der Waals surface area contributed by atoms with Crippen molar-refractivity contribution in [1.29, 1.82) is 0 Å². The molecule has 4 aromatic rings. The number of ether oxygens (including phenoxy) is 3. The first-order valence-electron chi connectivity index (χ1n) is 11.1. The van der Waals surface area contributed by atoms with E-state index in [9.17, 15) is 4.79 Å². The molecule has 4 heterocycles. The molecule has 33 heavy (non-hydrogen) atoms. The fourth-order valence-electron chi connectivity index (χ4n) is 5.58. The molecular weight excluding hydrogens is 418 g/mol. The highest BCUT2D eigenvalue weighted by atomic mass is 16.6. The average molecular weight is 439 g/mol. The van der Waals surface area contributed by atoms with E-state index in [-0.39, 0.29) is 11.0 Å². The Kier molecular flexibility index (Phi) is 3.69. The summed E-state index contributed by atoms with van der Waals surface area (Å²) in [4.78, 5) is 14.1. The second kappa shape index (κ2) is 6.54. The first-order chi connectivity index (χ1) is 16.1. The highest BCUT2D eigenvalue weighted by Crippen LogP contribution is 2.56. The second-order valence-corrected chi connectivity index (χ2v) is 8.93. The number of anilines is 1. The zero-order valence-corrected chi connectivity index (χ0v) is 18.1. The van der Waals surface area contributed by atoms with Crippen molar-refractivity contribution in [1.82, 2.24) is 0 Å². The minimum atomic E-state index is -0.348. The highest BCUT2D eigenvalue weighted by molar-refractivity contribution is 5.87. The molecule has 0 fully saturated rings. The summed E-state index contributed by atoms with van der Waals surface area (Å²) in [7, 11) is 2.12. The summed E-state index contributed by atoms with van der Waals surface area (Å²) < 4.78 is 23.4. The summed E-state index contributed by atoms with van der Waals surface area (Å²) in [5.41, 5.74) is 5.54. The third-order valence-corrected chi connectivity index (χ3v) is 7.01. The molecule has 3 aromatic carbocycles. The van der Waals surface area contributed by atoms with E-state index >= 15 is 0 Å². The van der Waals surface area contributed by atoms with E-state index in [1.54, 1.807) is 6.07 Å². The molecule has 1 aromatic heterocycles. The third-order valence-electron chi connectivity index (χ3n) is 7.01. The van der Waals surface area contributed by atoms with Gasteiger partial charge in [0.15, 0.2) is 11.5 Å². The van der Waals surface area contributed by atoms with Gasteiger partial charge in [-0.05, 0) is 41.0 Å². The van der Waals surface area contributed by atoms with Crippen LogP contribution in [-0.2, 0) is 5.41 Å². The summed E-state index contributed by atoms with van der Waals surface area (Å²) in [5.74, 6) is 2.35. The van der Waals surface area contributed by atoms with Crippen molar-refractivity contribution in [3.63, 3.8) is 0 Å². The van der Waals surface area contributed by atoms with E-state index in [0.29, 0.717) is 25.4 Å². The smallest absolute Gasteiger partial charge is 0.336 e. The topological polar surface area (TPSA) is 61.1 Å². The van der Waals surface area contributed by atoms with Gasteiger partial charge >= 0.3 is 5.63 Å². The Morgan fingerprint density at radius 1 is 0.879 bits per heavy atom. The average Bonchev–Trinajstić information content (AvgIpc) is 3.34. The van der Waals surface area contributed by atoms with Gasteiger partial charge in [-0.25, -0.2) is 4.79 Å². The Balaban J connectivity index is 1.46. The molecule has 1 atom stereocenters. The Bertz CT molecular complexity index is 1510. The lowest BCUT2D eigenvalue weighted by molar-refractivity contribution is 0.171. The van der Waals surface area contributed by atoms with Crippen molar-refractivity contribution in [2.75, 3.05) is 38.3 Å². The van der Waals surface area contributed by atoms with E-state index in [4.69, 9.17) is 18.6 Å². The summed E-state index contributed by atoms with van der Waals surface area (Å²) in [6.45, 7) is 2.44. The number of nitrogens with zero attached hydrogens (tertiary/aromatic N) is 1. The number of hydrogen-bond acceptors (Lipinski definition) is 6. The minimum Gasteiger partial charge on any atom is -0.492 e. The molecule has 0 saturated heterocycles. The molecule has 0 radical (unpaired) electrons. The van der Waals surface area contributed by atoms with Crippen molar-refractivity contribution in [2.24, 2.45) is 0 Å². The van der Waals surface area contributed by atoms with Gasteiger partial charge in [0.05, 0.1) is 5.41 Å². The lowest BCUT2D eigenvalue weighted by Gasteiger charge is -2.27. The van der Waals surface area contributed by atoms with Crippen LogP contribution in [0.2, 0.25) is 0 Å². The highest BCUT2D eigenvalue weighted by Gasteiger charge is 2.51. The fraction of sp³-hybridized carbons (Fsp3) is 0.222. The van der Waals surface area contributed by atoms with Crippen LogP contribution in [0.5, 0.6) is 17.2 Å². The molecule has 6 heteroatoms. The molecule has 0 bridgehead atoms. The van der Waals surface area contributed by atoms with Gasteiger partial charge in [0.1, 0.15) is 31.2 Å². The molecule has 1 unspecified atom stereocenters. The Morgan fingerprint density at radius 3 is 2.58 bits per heavy atom. The molecular formula is C27H21NO5. The minimum absolute atomic E-state index is 0.335. The predicted octanol–water partition coefficient (Wildman–Crippen LogP) is 4.36. The van der Waals surface area contributed by atoms with Crippen LogP contribution < -0.4 is 24.7 Å². The second-order valence-electron chi connectivity index (χ2n) is 8.93. The van der Waals surface area contributed by atoms with Crippen molar-refractivity contribution >= 4 is 16.7 Å². The van der Waals surface area contributed by atoms with Gasteiger partial charge in [-0.2, -0.15) is 0 Å². The van der Waals surface area contributed by atoms with Crippen molar-refractivity contribution < 1.29 is 18.6 Å². The van der Waals surface area contributed by atoms with Crippen LogP contribution >= 0.6 is 0 Å². The van der Waals surface area contributed by atoms with Gasteiger partial charge in [0.25, 0.3) is 0 Å². The summed E-state index contributed by atoms with van der Waals surface area (Å²) in [6.07, 6.45) is 0. The van der Waals surface area contributed by atoms with Crippen LogP contribution in [-0.4, -0.2) is 33.4 Å². The monoisotopic (exact) mass is 439 g/mol. The molecule has 0 N–H and O–H groups in total. The molecule has 3 aliphatic rings. The van der Waals surface area contributed by atoms with E-state index in [2.05, 4.69) is 42.3 Å². The molecule has 3 aliphatic heterocycles. The van der Waals surface area contributed by atoms with Gasteiger partial charge in [-0.15, -0.1) is 0 Å². The Morgan fingerprint density at radius 2 is 1.70 bits per heavy atom. The van der Waals surface area contributed by atoms with E-state index in [0.717, 1.165) is 45.9 Å². The molecule has 1 spiro atoms. The van der Waals surface area contributed by atoms with Gasteiger partial charge in [-0.1, -0.05) is 24.3 Å². The predicted molar refractivity (Wildman–Crippen MR) is 125 cm³/mol. The Labute approximate surface area is 189 Å². The SMILES string of the molecule is CN1CC2(COc3cc4c(cc32)OCCO4)c2c(-c3ccc4ccc(=O)oc4c3)cccc21. The van der Waals surface area contributed by atoms with Crippen LogP contribution in [0.1, 0.15) is 11.1 Å². The molecule has 0 amide bonds. The normalized spacial score (nSPS) is 20.1. The van der Waals surface area contributed by atoms with E-state index in [1.807, 2.05) is 18.2 Å². The van der Waals surface area contributed by atoms with Crippen molar-refractivity contribution in [3.05, 3.63) is 82.2 Å². The van der Waals surface area contributed by atoms with Crippen LogP contribution in [0.25, 0.3) is 22.1 Å². The molecule has 6 nitrogen and oxygen atoms in total. The maximum absolute atomic E-state index is 11.8. The Hall–Kier alpha value is -3.93. The van der Waals surface area contributed by atoms with Crippen molar-refractivity contribution in [3.8, 4) is 28.4 Å². The first-order valence-corrected chi connectivity index (χ1v) is 11.1. The summed E-state index contributed by atoms with van der Waals surface area (Å²) in [6, 6.07) is 19.7. The zero-order valence-electron chi connectivity index (χ0n) is 18.1. The van der Waals surface area contributed by atoms with Gasteiger partial charge in [-0.3, -0.25) is 0 Å². The van der Waals surface area contributed by atoms with Gasteiger partial charge < -0.3 is 23.5 Å². The molecule has 7 rings (SSSR count).